The standard InChI is InChI=1S/C30H26INO13/c1-15(33)42-21-11-9-17(13-23(21)40-3)29(38)44-25(27(35)32-20-8-6-5-7-19(20)31)26(28(36)37)45-30(39)18-10-12-22(43-16(2)34)24(14-18)41-4/h5-14,25-26H,1-4H3,(H,32,35)(H,36,37)/t25-,26-/m1/s1. The maximum absolute atomic E-state index is 13.4. The minimum absolute atomic E-state index is 0.0120. The molecule has 0 aliphatic heterocycles. The van der Waals surface area contributed by atoms with Crippen LogP contribution in [0.25, 0.3) is 0 Å². The first-order valence-corrected chi connectivity index (χ1v) is 13.9. The van der Waals surface area contributed by atoms with Gasteiger partial charge in [-0.05, 0) is 71.1 Å². The Hall–Kier alpha value is -5.19. The second kappa shape index (κ2) is 15.5. The average Bonchev–Trinajstić information content (AvgIpc) is 2.99. The molecule has 45 heavy (non-hydrogen) atoms. The van der Waals surface area contributed by atoms with Gasteiger partial charge in [-0.2, -0.15) is 0 Å². The van der Waals surface area contributed by atoms with Gasteiger partial charge in [0.2, 0.25) is 12.2 Å². The molecular weight excluding hydrogens is 709 g/mol. The number of hydrogen-bond donors (Lipinski definition) is 2. The third-order valence-corrected chi connectivity index (χ3v) is 6.62. The van der Waals surface area contributed by atoms with Crippen LogP contribution < -0.4 is 24.3 Å². The Morgan fingerprint density at radius 1 is 0.689 bits per heavy atom. The smallest absolute Gasteiger partial charge is 0.349 e. The predicted molar refractivity (Wildman–Crippen MR) is 162 cm³/mol. The van der Waals surface area contributed by atoms with Crippen LogP contribution in [0.3, 0.4) is 0 Å². The SMILES string of the molecule is COc1cc(C(=O)O[C@@H](C(=O)O)[C@@H](OC(=O)c2ccc(OC(C)=O)c(OC)c2)C(=O)Nc2ccccc2I)ccc1OC(C)=O. The Kier molecular flexibility index (Phi) is 11.8. The number of amides is 1. The van der Waals surface area contributed by atoms with Gasteiger partial charge in [0.1, 0.15) is 0 Å². The van der Waals surface area contributed by atoms with Crippen LogP contribution in [0.15, 0.2) is 60.7 Å². The molecule has 0 unspecified atom stereocenters. The molecule has 236 valence electrons. The third kappa shape index (κ3) is 9.15. The van der Waals surface area contributed by atoms with Crippen molar-refractivity contribution in [3.63, 3.8) is 0 Å². The van der Waals surface area contributed by atoms with Crippen LogP contribution in [-0.4, -0.2) is 67.3 Å². The van der Waals surface area contributed by atoms with Crippen LogP contribution in [0.1, 0.15) is 34.6 Å². The lowest BCUT2D eigenvalue weighted by atomic mass is 10.1. The zero-order chi connectivity index (χ0) is 33.3. The number of nitrogens with one attached hydrogen (secondary N) is 1. The highest BCUT2D eigenvalue weighted by atomic mass is 127. The summed E-state index contributed by atoms with van der Waals surface area (Å²) in [6, 6.07) is 13.6. The van der Waals surface area contributed by atoms with Crippen molar-refractivity contribution < 1.29 is 62.3 Å². The summed E-state index contributed by atoms with van der Waals surface area (Å²) in [4.78, 5) is 74.9. The van der Waals surface area contributed by atoms with Crippen LogP contribution in [0.4, 0.5) is 5.69 Å². The summed E-state index contributed by atoms with van der Waals surface area (Å²) in [6.45, 7) is 2.32. The first kappa shape index (κ1) is 34.3. The first-order valence-electron chi connectivity index (χ1n) is 12.8. The van der Waals surface area contributed by atoms with Crippen molar-refractivity contribution >= 4 is 64.0 Å². The van der Waals surface area contributed by atoms with Gasteiger partial charge in [0.25, 0.3) is 5.91 Å². The van der Waals surface area contributed by atoms with Gasteiger partial charge < -0.3 is 38.8 Å². The van der Waals surface area contributed by atoms with E-state index in [2.05, 4.69) is 5.32 Å². The minimum Gasteiger partial charge on any atom is -0.493 e. The van der Waals surface area contributed by atoms with E-state index in [-0.39, 0.29) is 39.8 Å². The lowest BCUT2D eigenvalue weighted by Crippen LogP contribution is -2.48. The molecule has 0 aromatic heterocycles. The molecule has 14 nitrogen and oxygen atoms in total. The number of aliphatic carboxylic acids is 1. The molecule has 0 bridgehead atoms. The number of anilines is 1. The van der Waals surface area contributed by atoms with Crippen molar-refractivity contribution in [2.24, 2.45) is 0 Å². The highest BCUT2D eigenvalue weighted by Gasteiger charge is 2.41. The molecule has 0 spiro atoms. The molecule has 1 amide bonds. The van der Waals surface area contributed by atoms with Gasteiger partial charge in [-0.25, -0.2) is 14.4 Å². The van der Waals surface area contributed by atoms with Crippen LogP contribution in [0.5, 0.6) is 23.0 Å². The summed E-state index contributed by atoms with van der Waals surface area (Å²) in [5.74, 6) is -6.78. The Balaban J connectivity index is 1.98. The van der Waals surface area contributed by atoms with Crippen molar-refractivity contribution in [2.45, 2.75) is 26.1 Å². The van der Waals surface area contributed by atoms with E-state index < -0.39 is 48.0 Å². The molecule has 0 fully saturated rings. The normalized spacial score (nSPS) is 11.7. The summed E-state index contributed by atoms with van der Waals surface area (Å²) in [7, 11) is 2.50. The summed E-state index contributed by atoms with van der Waals surface area (Å²) < 4.78 is 31.4. The molecule has 0 radical (unpaired) electrons. The van der Waals surface area contributed by atoms with E-state index in [0.717, 1.165) is 26.0 Å². The summed E-state index contributed by atoms with van der Waals surface area (Å²) in [5, 5.41) is 12.5. The van der Waals surface area contributed by atoms with E-state index in [0.29, 0.717) is 3.57 Å². The van der Waals surface area contributed by atoms with Crippen molar-refractivity contribution in [3.05, 3.63) is 75.4 Å². The van der Waals surface area contributed by atoms with Crippen LogP contribution in [-0.2, 0) is 28.7 Å². The van der Waals surface area contributed by atoms with Gasteiger partial charge in [-0.3, -0.25) is 14.4 Å². The lowest BCUT2D eigenvalue weighted by molar-refractivity contribution is -0.157. The van der Waals surface area contributed by atoms with Gasteiger partial charge in [0.05, 0.1) is 31.0 Å². The van der Waals surface area contributed by atoms with E-state index in [4.69, 9.17) is 28.4 Å². The second-order valence-electron chi connectivity index (χ2n) is 8.88. The van der Waals surface area contributed by atoms with Crippen molar-refractivity contribution in [2.75, 3.05) is 19.5 Å². The average molecular weight is 735 g/mol. The van der Waals surface area contributed by atoms with Crippen molar-refractivity contribution in [1.29, 1.82) is 0 Å². The van der Waals surface area contributed by atoms with Gasteiger partial charge in [0.15, 0.2) is 23.0 Å². The monoisotopic (exact) mass is 735 g/mol. The predicted octanol–water partition coefficient (Wildman–Crippen LogP) is 3.63. The Labute approximate surface area is 269 Å². The number of carboxylic acids is 1. The van der Waals surface area contributed by atoms with Crippen molar-refractivity contribution in [3.8, 4) is 23.0 Å². The number of carbonyl (C=O) groups is 6. The van der Waals surface area contributed by atoms with E-state index in [1.165, 1.54) is 44.6 Å². The van der Waals surface area contributed by atoms with E-state index in [9.17, 15) is 33.9 Å². The first-order chi connectivity index (χ1) is 21.3. The molecular formula is C30H26INO13. The van der Waals surface area contributed by atoms with Gasteiger partial charge in [-0.1, -0.05) is 12.1 Å². The second-order valence-corrected chi connectivity index (χ2v) is 10.0. The zero-order valence-corrected chi connectivity index (χ0v) is 26.3. The highest BCUT2D eigenvalue weighted by Crippen LogP contribution is 2.30. The summed E-state index contributed by atoms with van der Waals surface area (Å²) in [6.07, 6.45) is -4.56. The van der Waals surface area contributed by atoms with Crippen LogP contribution >= 0.6 is 22.6 Å². The van der Waals surface area contributed by atoms with E-state index in [1.807, 2.05) is 22.6 Å². The highest BCUT2D eigenvalue weighted by molar-refractivity contribution is 14.1. The fourth-order valence-corrected chi connectivity index (χ4v) is 4.22. The van der Waals surface area contributed by atoms with Crippen molar-refractivity contribution in [1.82, 2.24) is 0 Å². The molecule has 2 atom stereocenters. The Bertz CT molecular complexity index is 1640. The fourth-order valence-electron chi connectivity index (χ4n) is 3.70. The molecule has 0 saturated heterocycles. The number of hydrogen-bond acceptors (Lipinski definition) is 12. The molecule has 0 aliphatic rings. The van der Waals surface area contributed by atoms with Gasteiger partial charge >= 0.3 is 29.8 Å². The maximum atomic E-state index is 13.4. The Morgan fingerprint density at radius 3 is 1.58 bits per heavy atom. The van der Waals surface area contributed by atoms with Gasteiger partial charge in [-0.15, -0.1) is 0 Å². The third-order valence-electron chi connectivity index (χ3n) is 5.68. The number of carbonyl (C=O) groups excluding carboxylic acids is 5. The number of esters is 4. The minimum atomic E-state index is -2.34. The van der Waals surface area contributed by atoms with Gasteiger partial charge in [0, 0.05) is 17.4 Å². The fraction of sp³-hybridized carbons (Fsp3) is 0.200. The number of benzene rings is 3. The molecule has 0 aliphatic carbocycles. The molecule has 0 heterocycles. The number of methoxy groups -OCH3 is 2. The molecule has 3 rings (SSSR count). The maximum Gasteiger partial charge on any atom is 0.349 e. The molecule has 2 N–H and O–H groups in total. The van der Waals surface area contributed by atoms with Crippen LogP contribution in [0.2, 0.25) is 0 Å². The molecule has 3 aromatic carbocycles. The number of carboxylic acid groups (broad SMARTS) is 1. The van der Waals surface area contributed by atoms with Crippen LogP contribution in [0, 0.1) is 3.57 Å². The number of ether oxygens (including phenoxy) is 6. The molecule has 3 aromatic rings. The van der Waals surface area contributed by atoms with E-state index >= 15 is 0 Å². The zero-order valence-electron chi connectivity index (χ0n) is 24.2. The largest absolute Gasteiger partial charge is 0.493 e. The number of halogens is 1. The number of rotatable bonds is 12. The quantitative estimate of drug-likeness (QED) is 0.156. The molecule has 0 saturated carbocycles. The number of para-hydroxylation sites is 1. The summed E-state index contributed by atoms with van der Waals surface area (Å²) in [5.41, 5.74) is -0.184. The summed E-state index contributed by atoms with van der Waals surface area (Å²) >= 11 is 1.93. The lowest BCUT2D eigenvalue weighted by Gasteiger charge is -2.24. The van der Waals surface area contributed by atoms with E-state index in [1.54, 1.807) is 18.2 Å². The molecule has 15 heteroatoms. The Morgan fingerprint density at radius 2 is 1.16 bits per heavy atom. The topological polar surface area (TPSA) is 190 Å².